The highest BCUT2D eigenvalue weighted by Gasteiger charge is 2.18. The van der Waals surface area contributed by atoms with Gasteiger partial charge in [-0.3, -0.25) is 0 Å². The average molecular weight is 247 g/mol. The molecule has 1 aromatic carbocycles. The van der Waals surface area contributed by atoms with Gasteiger partial charge in [0.1, 0.15) is 5.75 Å². The second-order valence-electron chi connectivity index (χ2n) is 5.37. The Morgan fingerprint density at radius 2 is 1.61 bits per heavy atom. The third-order valence-corrected chi connectivity index (χ3v) is 4.08. The minimum Gasteiger partial charge on any atom is -0.494 e. The second kappa shape index (κ2) is 6.67. The first-order valence-corrected chi connectivity index (χ1v) is 7.25. The summed E-state index contributed by atoms with van der Waals surface area (Å²) in [5.74, 6) is 1.53. The maximum atomic E-state index is 6.01. The van der Waals surface area contributed by atoms with Crippen molar-refractivity contribution >= 4 is 5.69 Å². The topological polar surface area (TPSA) is 35.2 Å². The highest BCUT2D eigenvalue weighted by molar-refractivity contribution is 5.57. The van der Waals surface area contributed by atoms with Crippen LogP contribution < -0.4 is 10.5 Å². The minimum absolute atomic E-state index is 0.626. The highest BCUT2D eigenvalue weighted by atomic mass is 16.5. The molecule has 0 radical (unpaired) electrons. The molecule has 2 rings (SSSR count). The van der Waals surface area contributed by atoms with Gasteiger partial charge in [0.2, 0.25) is 0 Å². The van der Waals surface area contributed by atoms with Crippen molar-refractivity contribution in [3.05, 3.63) is 23.8 Å². The zero-order chi connectivity index (χ0) is 12.8. The van der Waals surface area contributed by atoms with Gasteiger partial charge in [0, 0.05) is 0 Å². The Kier molecular flexibility index (Phi) is 4.91. The van der Waals surface area contributed by atoms with Crippen molar-refractivity contribution in [1.29, 1.82) is 0 Å². The third-order valence-electron chi connectivity index (χ3n) is 4.08. The van der Waals surface area contributed by atoms with Crippen LogP contribution in [0.2, 0.25) is 0 Å². The molecule has 2 N–H and O–H groups in total. The Hall–Kier alpha value is -1.18. The second-order valence-corrected chi connectivity index (χ2v) is 5.37. The molecule has 1 saturated carbocycles. The summed E-state index contributed by atoms with van der Waals surface area (Å²) in [6, 6.07) is 6.18. The van der Waals surface area contributed by atoms with Crippen LogP contribution in [0.1, 0.15) is 62.8 Å². The van der Waals surface area contributed by atoms with Crippen molar-refractivity contribution in [2.24, 2.45) is 0 Å². The Morgan fingerprint density at radius 1 is 1.00 bits per heavy atom. The Morgan fingerprint density at radius 3 is 2.22 bits per heavy atom. The van der Waals surface area contributed by atoms with Gasteiger partial charge >= 0.3 is 0 Å². The van der Waals surface area contributed by atoms with E-state index < -0.39 is 0 Å². The molecule has 2 heteroatoms. The van der Waals surface area contributed by atoms with Gasteiger partial charge in [-0.15, -0.1) is 0 Å². The number of nitrogens with two attached hydrogens (primary N) is 1. The number of hydrogen-bond acceptors (Lipinski definition) is 2. The summed E-state index contributed by atoms with van der Waals surface area (Å²) in [5.41, 5.74) is 8.11. The summed E-state index contributed by atoms with van der Waals surface area (Å²) in [6.07, 6.45) is 10.8. The van der Waals surface area contributed by atoms with E-state index in [1.807, 2.05) is 6.07 Å². The van der Waals surface area contributed by atoms with Gasteiger partial charge in [0.05, 0.1) is 12.8 Å². The number of para-hydroxylation sites is 1. The fourth-order valence-electron chi connectivity index (χ4n) is 3.07. The first kappa shape index (κ1) is 13.3. The van der Waals surface area contributed by atoms with Crippen LogP contribution in [-0.4, -0.2) is 7.11 Å². The fourth-order valence-corrected chi connectivity index (χ4v) is 3.07. The van der Waals surface area contributed by atoms with Gasteiger partial charge in [0.25, 0.3) is 0 Å². The molecule has 18 heavy (non-hydrogen) atoms. The maximum Gasteiger partial charge on any atom is 0.145 e. The molecule has 0 atom stereocenters. The van der Waals surface area contributed by atoms with Crippen LogP contribution in [0.4, 0.5) is 5.69 Å². The SMILES string of the molecule is COc1c(N)cccc1C1CCCCCCCC1. The number of methoxy groups -OCH3 is 1. The molecule has 0 unspecified atom stereocenters. The van der Waals surface area contributed by atoms with E-state index in [2.05, 4.69) is 12.1 Å². The number of ether oxygens (including phenoxy) is 1. The normalized spacial score (nSPS) is 18.7. The van der Waals surface area contributed by atoms with E-state index in [0.717, 1.165) is 11.4 Å². The third kappa shape index (κ3) is 3.18. The number of benzene rings is 1. The molecule has 1 aromatic rings. The van der Waals surface area contributed by atoms with Crippen molar-refractivity contribution in [2.75, 3.05) is 12.8 Å². The molecule has 1 aliphatic rings. The number of nitrogen functional groups attached to an aromatic ring is 1. The van der Waals surface area contributed by atoms with Crippen LogP contribution in [0.15, 0.2) is 18.2 Å². The van der Waals surface area contributed by atoms with Crippen molar-refractivity contribution in [3.8, 4) is 5.75 Å². The number of hydrogen-bond donors (Lipinski definition) is 1. The number of anilines is 1. The fraction of sp³-hybridized carbons (Fsp3) is 0.625. The summed E-state index contributed by atoms with van der Waals surface area (Å²) in [4.78, 5) is 0. The van der Waals surface area contributed by atoms with Crippen molar-refractivity contribution in [2.45, 2.75) is 57.3 Å². The zero-order valence-corrected chi connectivity index (χ0v) is 11.5. The monoisotopic (exact) mass is 247 g/mol. The lowest BCUT2D eigenvalue weighted by molar-refractivity contribution is 0.402. The van der Waals surface area contributed by atoms with E-state index in [9.17, 15) is 0 Å². The van der Waals surface area contributed by atoms with Gasteiger partial charge in [0.15, 0.2) is 0 Å². The van der Waals surface area contributed by atoms with E-state index in [1.54, 1.807) is 7.11 Å². The molecule has 0 spiro atoms. The molecule has 100 valence electrons. The van der Waals surface area contributed by atoms with E-state index in [4.69, 9.17) is 10.5 Å². The van der Waals surface area contributed by atoms with E-state index in [1.165, 1.54) is 56.9 Å². The first-order chi connectivity index (χ1) is 8.83. The maximum absolute atomic E-state index is 6.01. The summed E-state index contributed by atoms with van der Waals surface area (Å²) < 4.78 is 5.51. The van der Waals surface area contributed by atoms with Crippen molar-refractivity contribution in [1.82, 2.24) is 0 Å². The molecule has 0 saturated heterocycles. The van der Waals surface area contributed by atoms with E-state index >= 15 is 0 Å². The average Bonchev–Trinajstić information content (AvgIpc) is 2.51. The highest BCUT2D eigenvalue weighted by Crippen LogP contribution is 2.38. The van der Waals surface area contributed by atoms with Crippen LogP contribution in [-0.2, 0) is 0 Å². The van der Waals surface area contributed by atoms with Crippen LogP contribution in [0.5, 0.6) is 5.75 Å². The van der Waals surface area contributed by atoms with Gasteiger partial charge in [-0.25, -0.2) is 0 Å². The predicted molar refractivity (Wildman–Crippen MR) is 77.1 cm³/mol. The lowest BCUT2D eigenvalue weighted by atomic mass is 9.88. The van der Waals surface area contributed by atoms with E-state index in [-0.39, 0.29) is 0 Å². The van der Waals surface area contributed by atoms with Crippen LogP contribution in [0.25, 0.3) is 0 Å². The molecule has 1 aliphatic carbocycles. The number of rotatable bonds is 2. The first-order valence-electron chi connectivity index (χ1n) is 7.25. The van der Waals surface area contributed by atoms with Crippen molar-refractivity contribution < 1.29 is 4.74 Å². The Balaban J connectivity index is 2.19. The molecule has 0 aliphatic heterocycles. The lowest BCUT2D eigenvalue weighted by Crippen LogP contribution is -2.04. The summed E-state index contributed by atoms with van der Waals surface area (Å²) in [7, 11) is 1.73. The Bertz CT molecular complexity index is 365. The largest absolute Gasteiger partial charge is 0.494 e. The summed E-state index contributed by atoms with van der Waals surface area (Å²) in [5, 5.41) is 0. The smallest absolute Gasteiger partial charge is 0.145 e. The Labute approximate surface area is 111 Å². The molecule has 0 bridgehead atoms. The van der Waals surface area contributed by atoms with Gasteiger partial charge in [-0.2, -0.15) is 0 Å². The molecular formula is C16H25NO. The van der Waals surface area contributed by atoms with Gasteiger partial charge < -0.3 is 10.5 Å². The quantitative estimate of drug-likeness (QED) is 0.781. The molecular weight excluding hydrogens is 222 g/mol. The minimum atomic E-state index is 0.626. The van der Waals surface area contributed by atoms with Crippen LogP contribution in [0.3, 0.4) is 0 Å². The molecule has 2 nitrogen and oxygen atoms in total. The molecule has 0 aromatic heterocycles. The summed E-state index contributed by atoms with van der Waals surface area (Å²) >= 11 is 0. The standard InChI is InChI=1S/C16H25NO/c1-18-16-14(11-8-12-15(16)17)13-9-6-4-2-3-5-7-10-13/h8,11-13H,2-7,9-10,17H2,1H3. The van der Waals surface area contributed by atoms with Gasteiger partial charge in [-0.1, -0.05) is 50.7 Å². The molecule has 0 amide bonds. The van der Waals surface area contributed by atoms with Crippen LogP contribution in [0, 0.1) is 0 Å². The predicted octanol–water partition coefficient (Wildman–Crippen LogP) is 4.50. The zero-order valence-electron chi connectivity index (χ0n) is 11.5. The molecule has 1 fully saturated rings. The van der Waals surface area contributed by atoms with Crippen molar-refractivity contribution in [3.63, 3.8) is 0 Å². The summed E-state index contributed by atoms with van der Waals surface area (Å²) in [6.45, 7) is 0. The lowest BCUT2D eigenvalue weighted by Gasteiger charge is -2.20. The van der Waals surface area contributed by atoms with Crippen LogP contribution >= 0.6 is 0 Å². The van der Waals surface area contributed by atoms with Gasteiger partial charge in [-0.05, 0) is 30.4 Å². The molecule has 0 heterocycles. The van der Waals surface area contributed by atoms with E-state index in [0.29, 0.717) is 5.92 Å².